The smallest absolute Gasteiger partial charge is 0.304 e. The second-order valence-electron chi connectivity index (χ2n) is 5.61. The van der Waals surface area contributed by atoms with Gasteiger partial charge in [0.1, 0.15) is 0 Å². The Kier molecular flexibility index (Phi) is 5.40. The fraction of sp³-hybridized carbons (Fsp3) is 0.583. The second-order valence-corrected chi connectivity index (χ2v) is 9.93. The average Bonchev–Trinajstić information content (AvgIpc) is 2.55. The summed E-state index contributed by atoms with van der Waals surface area (Å²) < 4.78 is 28.0. The Morgan fingerprint density at radius 3 is 2.40 bits per heavy atom. The molecule has 0 saturated heterocycles. The van der Waals surface area contributed by atoms with Crippen molar-refractivity contribution in [2.75, 3.05) is 0 Å². The zero-order chi connectivity index (χ0) is 15.7. The summed E-state index contributed by atoms with van der Waals surface area (Å²) in [4.78, 5) is 11.8. The molecule has 0 saturated carbocycles. The van der Waals surface area contributed by atoms with Crippen molar-refractivity contribution in [3.8, 4) is 0 Å². The molecular formula is C12H18BrNO4S2. The van der Waals surface area contributed by atoms with E-state index in [1.54, 1.807) is 27.7 Å². The lowest BCUT2D eigenvalue weighted by molar-refractivity contribution is -0.138. The molecular weight excluding hydrogens is 366 g/mol. The zero-order valence-electron chi connectivity index (χ0n) is 11.7. The summed E-state index contributed by atoms with van der Waals surface area (Å²) in [6.45, 7) is 7.13. The predicted octanol–water partition coefficient (Wildman–Crippen LogP) is 2.99. The van der Waals surface area contributed by atoms with Crippen LogP contribution in [0.2, 0.25) is 0 Å². The third-order valence-corrected chi connectivity index (χ3v) is 6.13. The van der Waals surface area contributed by atoms with Crippen LogP contribution in [0.15, 0.2) is 14.7 Å². The summed E-state index contributed by atoms with van der Waals surface area (Å²) in [5.41, 5.74) is -0.493. The maximum Gasteiger partial charge on any atom is 0.304 e. The first-order valence-corrected chi connectivity index (χ1v) is 9.03. The topological polar surface area (TPSA) is 83.5 Å². The quantitative estimate of drug-likeness (QED) is 0.818. The fourth-order valence-corrected chi connectivity index (χ4v) is 5.50. The van der Waals surface area contributed by atoms with E-state index in [0.717, 1.165) is 3.79 Å². The highest BCUT2D eigenvalue weighted by Gasteiger charge is 2.32. The van der Waals surface area contributed by atoms with Crippen LogP contribution in [0, 0.1) is 12.3 Å². The average molecular weight is 384 g/mol. The van der Waals surface area contributed by atoms with Gasteiger partial charge in [0.05, 0.1) is 15.1 Å². The monoisotopic (exact) mass is 383 g/mol. The molecule has 0 aliphatic heterocycles. The third kappa shape index (κ3) is 4.54. The Balaban J connectivity index is 3.09. The van der Waals surface area contributed by atoms with Crippen molar-refractivity contribution in [1.82, 2.24) is 4.72 Å². The van der Waals surface area contributed by atoms with E-state index >= 15 is 0 Å². The molecule has 0 aromatic carbocycles. The summed E-state index contributed by atoms with van der Waals surface area (Å²) in [5, 5.41) is 8.93. The van der Waals surface area contributed by atoms with Gasteiger partial charge in [-0.2, -0.15) is 0 Å². The van der Waals surface area contributed by atoms with E-state index < -0.39 is 27.4 Å². The zero-order valence-corrected chi connectivity index (χ0v) is 14.9. The molecule has 1 atom stereocenters. The lowest BCUT2D eigenvalue weighted by Crippen LogP contribution is -2.45. The Labute approximate surface area is 131 Å². The SMILES string of the molecule is Cc1sc(Br)cc1S(=O)(=O)NC(CC(=O)O)C(C)(C)C. The molecule has 20 heavy (non-hydrogen) atoms. The van der Waals surface area contributed by atoms with Crippen LogP contribution >= 0.6 is 27.3 Å². The number of rotatable bonds is 5. The van der Waals surface area contributed by atoms with Crippen molar-refractivity contribution in [3.63, 3.8) is 0 Å². The van der Waals surface area contributed by atoms with Crippen molar-refractivity contribution < 1.29 is 18.3 Å². The fourth-order valence-electron chi connectivity index (χ4n) is 1.65. The lowest BCUT2D eigenvalue weighted by atomic mass is 9.85. The standard InChI is InChI=1S/C12H18BrNO4S2/c1-7-8(5-10(13)19-7)20(17,18)14-9(6-11(15)16)12(2,3)4/h5,9,14H,6H2,1-4H3,(H,15,16). The van der Waals surface area contributed by atoms with Gasteiger partial charge in [0.2, 0.25) is 10.0 Å². The molecule has 114 valence electrons. The van der Waals surface area contributed by atoms with Gasteiger partial charge in [0, 0.05) is 10.9 Å². The maximum atomic E-state index is 12.4. The number of carbonyl (C=O) groups is 1. The minimum Gasteiger partial charge on any atom is -0.481 e. The highest BCUT2D eigenvalue weighted by atomic mass is 79.9. The molecule has 1 unspecified atom stereocenters. The number of carboxylic acid groups (broad SMARTS) is 1. The van der Waals surface area contributed by atoms with E-state index in [1.807, 2.05) is 0 Å². The molecule has 0 spiro atoms. The molecule has 1 aromatic rings. The minimum atomic E-state index is -3.73. The number of hydrogen-bond donors (Lipinski definition) is 2. The predicted molar refractivity (Wildman–Crippen MR) is 82.6 cm³/mol. The highest BCUT2D eigenvalue weighted by Crippen LogP contribution is 2.31. The number of aliphatic carboxylic acids is 1. The molecule has 1 rings (SSSR count). The van der Waals surface area contributed by atoms with E-state index in [0.29, 0.717) is 4.88 Å². The first kappa shape index (κ1) is 17.6. The van der Waals surface area contributed by atoms with Gasteiger partial charge in [0.15, 0.2) is 0 Å². The number of hydrogen-bond acceptors (Lipinski definition) is 4. The Bertz CT molecular complexity index is 601. The van der Waals surface area contributed by atoms with Crippen LogP contribution in [0.3, 0.4) is 0 Å². The van der Waals surface area contributed by atoms with Gasteiger partial charge in [-0.3, -0.25) is 4.79 Å². The van der Waals surface area contributed by atoms with Gasteiger partial charge in [-0.25, -0.2) is 13.1 Å². The molecule has 0 radical (unpaired) electrons. The van der Waals surface area contributed by atoms with Crippen LogP contribution in [0.1, 0.15) is 32.1 Å². The van der Waals surface area contributed by atoms with Gasteiger partial charge >= 0.3 is 5.97 Å². The summed E-state index contributed by atoms with van der Waals surface area (Å²) >= 11 is 4.58. The van der Waals surface area contributed by atoms with Crippen molar-refractivity contribution in [1.29, 1.82) is 0 Å². The molecule has 5 nitrogen and oxygen atoms in total. The van der Waals surface area contributed by atoms with Crippen molar-refractivity contribution >= 4 is 43.3 Å². The minimum absolute atomic E-state index is 0.189. The van der Waals surface area contributed by atoms with Gasteiger partial charge in [0.25, 0.3) is 0 Å². The second kappa shape index (κ2) is 6.13. The molecule has 0 bridgehead atoms. The first-order chi connectivity index (χ1) is 8.93. The van der Waals surface area contributed by atoms with Gasteiger partial charge in [-0.1, -0.05) is 20.8 Å². The van der Waals surface area contributed by atoms with Crippen LogP contribution in [-0.4, -0.2) is 25.5 Å². The van der Waals surface area contributed by atoms with E-state index in [9.17, 15) is 13.2 Å². The first-order valence-electron chi connectivity index (χ1n) is 5.93. The number of sulfonamides is 1. The largest absolute Gasteiger partial charge is 0.481 e. The normalized spacial score (nSPS) is 14.2. The summed E-state index contributed by atoms with van der Waals surface area (Å²) in [5.74, 6) is -1.03. The van der Waals surface area contributed by atoms with Gasteiger partial charge in [-0.05, 0) is 34.3 Å². The van der Waals surface area contributed by atoms with Crippen LogP contribution in [0.4, 0.5) is 0 Å². The number of aryl methyl sites for hydroxylation is 1. The summed E-state index contributed by atoms with van der Waals surface area (Å²) in [6, 6.07) is 0.853. The van der Waals surface area contributed by atoms with Crippen molar-refractivity contribution in [3.05, 3.63) is 14.7 Å². The van der Waals surface area contributed by atoms with Crippen LogP contribution in [-0.2, 0) is 14.8 Å². The molecule has 0 aliphatic rings. The van der Waals surface area contributed by atoms with Gasteiger partial charge < -0.3 is 5.11 Å². The van der Waals surface area contributed by atoms with Crippen molar-refractivity contribution in [2.24, 2.45) is 5.41 Å². The van der Waals surface area contributed by atoms with E-state index in [4.69, 9.17) is 5.11 Å². The van der Waals surface area contributed by atoms with Crippen LogP contribution < -0.4 is 4.72 Å². The molecule has 0 fully saturated rings. The summed E-state index contributed by atoms with van der Waals surface area (Å²) in [7, 11) is -3.73. The maximum absolute atomic E-state index is 12.4. The summed E-state index contributed by atoms with van der Waals surface area (Å²) in [6.07, 6.45) is -0.257. The Hall–Kier alpha value is -0.440. The molecule has 1 aromatic heterocycles. The molecule has 2 N–H and O–H groups in total. The number of nitrogens with one attached hydrogen (secondary N) is 1. The van der Waals surface area contributed by atoms with E-state index in [1.165, 1.54) is 17.4 Å². The Morgan fingerprint density at radius 1 is 1.50 bits per heavy atom. The number of halogens is 1. The highest BCUT2D eigenvalue weighted by molar-refractivity contribution is 9.11. The number of thiophene rings is 1. The molecule has 8 heteroatoms. The Morgan fingerprint density at radius 2 is 2.05 bits per heavy atom. The van der Waals surface area contributed by atoms with E-state index in [2.05, 4.69) is 20.7 Å². The third-order valence-electron chi connectivity index (χ3n) is 2.85. The molecule has 0 amide bonds. The van der Waals surface area contributed by atoms with Crippen molar-refractivity contribution in [2.45, 2.75) is 45.1 Å². The number of carboxylic acids is 1. The van der Waals surface area contributed by atoms with Crippen LogP contribution in [0.5, 0.6) is 0 Å². The molecule has 1 heterocycles. The van der Waals surface area contributed by atoms with E-state index in [-0.39, 0.29) is 11.3 Å². The molecule has 0 aliphatic carbocycles. The van der Waals surface area contributed by atoms with Gasteiger partial charge in [-0.15, -0.1) is 11.3 Å². The lowest BCUT2D eigenvalue weighted by Gasteiger charge is -2.30. The van der Waals surface area contributed by atoms with Crippen LogP contribution in [0.25, 0.3) is 0 Å².